The molecule has 2 aliphatic heterocycles. The molecule has 0 spiro atoms. The number of aromatic nitrogens is 2. The summed E-state index contributed by atoms with van der Waals surface area (Å²) in [6, 6.07) is 6.33. The monoisotopic (exact) mass is 572 g/mol. The molecule has 1 aromatic heterocycles. The SMILES string of the molecule is C/C=C\C(=C/CC)c1nn(-c2cccc(OC(F)(F)F)c2)c(C2CC2)c1C(=O)N1CCC(N2CCC[C@H]2CO)CC1. The Morgan fingerprint density at radius 3 is 2.54 bits per heavy atom. The number of aliphatic hydroxyl groups excluding tert-OH is 1. The number of nitrogens with zero attached hydrogens (tertiary/aromatic N) is 4. The number of allylic oxidation sites excluding steroid dienone is 4. The molecule has 41 heavy (non-hydrogen) atoms. The lowest BCUT2D eigenvalue weighted by atomic mass is 9.98. The number of hydrogen-bond acceptors (Lipinski definition) is 5. The number of amides is 1. The molecule has 2 saturated heterocycles. The van der Waals surface area contributed by atoms with Crippen LogP contribution in [0.25, 0.3) is 11.3 Å². The predicted octanol–water partition coefficient (Wildman–Crippen LogP) is 6.08. The number of hydrogen-bond donors (Lipinski definition) is 1. The van der Waals surface area contributed by atoms with E-state index in [1.807, 2.05) is 37.0 Å². The number of carbonyl (C=O) groups is 1. The van der Waals surface area contributed by atoms with Crippen molar-refractivity contribution in [3.05, 3.63) is 59.4 Å². The van der Waals surface area contributed by atoms with E-state index < -0.39 is 6.36 Å². The minimum absolute atomic E-state index is 0.0825. The van der Waals surface area contributed by atoms with Crippen LogP contribution in [0.15, 0.2) is 42.5 Å². The summed E-state index contributed by atoms with van der Waals surface area (Å²) in [7, 11) is 0. The van der Waals surface area contributed by atoms with Gasteiger partial charge in [0.1, 0.15) is 11.4 Å². The molecule has 0 radical (unpaired) electrons. The fraction of sp³-hybridized carbons (Fsp3) is 0.548. The molecule has 1 amide bonds. The number of halogens is 3. The van der Waals surface area contributed by atoms with Crippen molar-refractivity contribution in [3.63, 3.8) is 0 Å². The van der Waals surface area contributed by atoms with Crippen molar-refractivity contribution in [2.75, 3.05) is 26.2 Å². The summed E-state index contributed by atoms with van der Waals surface area (Å²) in [6.07, 6.45) is 7.35. The van der Waals surface area contributed by atoms with E-state index in [2.05, 4.69) is 9.64 Å². The van der Waals surface area contributed by atoms with E-state index in [0.717, 1.165) is 62.8 Å². The fourth-order valence-electron chi connectivity index (χ4n) is 6.32. The molecule has 7 nitrogen and oxygen atoms in total. The van der Waals surface area contributed by atoms with Crippen molar-refractivity contribution in [1.82, 2.24) is 19.6 Å². The third kappa shape index (κ3) is 6.54. The highest BCUT2D eigenvalue weighted by Gasteiger charge is 2.40. The molecule has 0 bridgehead atoms. The van der Waals surface area contributed by atoms with E-state index in [1.54, 1.807) is 10.7 Å². The van der Waals surface area contributed by atoms with E-state index in [9.17, 15) is 23.1 Å². The number of ether oxygens (including phenoxy) is 1. The summed E-state index contributed by atoms with van der Waals surface area (Å²) in [5, 5.41) is 14.7. The lowest BCUT2D eigenvalue weighted by Crippen LogP contribution is -2.49. The van der Waals surface area contributed by atoms with Gasteiger partial charge in [-0.15, -0.1) is 13.2 Å². The molecule has 5 rings (SSSR count). The van der Waals surface area contributed by atoms with Gasteiger partial charge in [0.15, 0.2) is 0 Å². The second-order valence-electron chi connectivity index (χ2n) is 11.1. The fourth-order valence-corrected chi connectivity index (χ4v) is 6.32. The van der Waals surface area contributed by atoms with Gasteiger partial charge in [0.05, 0.1) is 23.6 Å². The van der Waals surface area contributed by atoms with Crippen LogP contribution in [0.1, 0.15) is 86.5 Å². The van der Waals surface area contributed by atoms with Crippen LogP contribution >= 0.6 is 0 Å². The van der Waals surface area contributed by atoms with E-state index in [4.69, 9.17) is 5.10 Å². The first-order valence-electron chi connectivity index (χ1n) is 14.7. The van der Waals surface area contributed by atoms with Gasteiger partial charge in [-0.1, -0.05) is 31.2 Å². The summed E-state index contributed by atoms with van der Waals surface area (Å²) in [5.41, 5.74) is 3.09. The topological polar surface area (TPSA) is 70.8 Å². The molecule has 1 aromatic carbocycles. The molecular weight excluding hydrogens is 533 g/mol. The van der Waals surface area contributed by atoms with E-state index in [-0.39, 0.29) is 30.2 Å². The summed E-state index contributed by atoms with van der Waals surface area (Å²) in [5.74, 6) is -0.311. The zero-order chi connectivity index (χ0) is 29.1. The van der Waals surface area contributed by atoms with Crippen LogP contribution in [0.5, 0.6) is 5.75 Å². The number of benzene rings is 1. The Morgan fingerprint density at radius 1 is 1.15 bits per heavy atom. The van der Waals surface area contributed by atoms with E-state index in [0.29, 0.717) is 36.1 Å². The van der Waals surface area contributed by atoms with Crippen LogP contribution in [0.2, 0.25) is 0 Å². The maximum absolute atomic E-state index is 14.3. The van der Waals surface area contributed by atoms with Crippen LogP contribution in [0.3, 0.4) is 0 Å². The largest absolute Gasteiger partial charge is 0.573 e. The Balaban J connectivity index is 1.52. The van der Waals surface area contributed by atoms with Gasteiger partial charge in [-0.3, -0.25) is 9.69 Å². The summed E-state index contributed by atoms with van der Waals surface area (Å²) >= 11 is 0. The lowest BCUT2D eigenvalue weighted by Gasteiger charge is -2.39. The summed E-state index contributed by atoms with van der Waals surface area (Å²) in [6.45, 7) is 6.29. The first-order valence-corrected chi connectivity index (χ1v) is 14.7. The number of aliphatic hydroxyl groups is 1. The quantitative estimate of drug-likeness (QED) is 0.369. The molecule has 3 aliphatic rings. The normalized spacial score (nSPS) is 21.3. The number of carbonyl (C=O) groups excluding carboxylic acids is 1. The number of rotatable bonds is 9. The Kier molecular flexibility index (Phi) is 8.89. The third-order valence-corrected chi connectivity index (χ3v) is 8.29. The van der Waals surface area contributed by atoms with Crippen molar-refractivity contribution in [1.29, 1.82) is 0 Å². The molecule has 1 atom stereocenters. The number of likely N-dealkylation sites (tertiary alicyclic amines) is 2. The van der Waals surface area contributed by atoms with Gasteiger partial charge in [-0.05, 0) is 76.1 Å². The molecule has 1 aliphatic carbocycles. The van der Waals surface area contributed by atoms with Crippen molar-refractivity contribution >= 4 is 11.5 Å². The first-order chi connectivity index (χ1) is 19.7. The predicted molar refractivity (Wildman–Crippen MR) is 151 cm³/mol. The Morgan fingerprint density at radius 2 is 1.90 bits per heavy atom. The molecule has 2 aromatic rings. The van der Waals surface area contributed by atoms with Crippen LogP contribution in [-0.4, -0.2) is 75.3 Å². The molecule has 3 heterocycles. The zero-order valence-corrected chi connectivity index (χ0v) is 23.7. The molecule has 1 saturated carbocycles. The minimum atomic E-state index is -4.81. The molecule has 10 heteroatoms. The van der Waals surface area contributed by atoms with Crippen molar-refractivity contribution in [2.45, 2.75) is 83.2 Å². The summed E-state index contributed by atoms with van der Waals surface area (Å²) in [4.78, 5) is 18.6. The van der Waals surface area contributed by atoms with Gasteiger partial charge < -0.3 is 14.7 Å². The van der Waals surface area contributed by atoms with E-state index >= 15 is 0 Å². The first kappa shape index (κ1) is 29.4. The van der Waals surface area contributed by atoms with Gasteiger partial charge in [0, 0.05) is 37.2 Å². The Hall–Kier alpha value is -3.11. The molecule has 3 fully saturated rings. The second kappa shape index (κ2) is 12.4. The highest BCUT2D eigenvalue weighted by molar-refractivity contribution is 6.01. The van der Waals surface area contributed by atoms with Crippen molar-refractivity contribution in [2.24, 2.45) is 0 Å². The van der Waals surface area contributed by atoms with Crippen molar-refractivity contribution < 1.29 is 27.8 Å². The highest BCUT2D eigenvalue weighted by Crippen LogP contribution is 2.45. The van der Waals surface area contributed by atoms with Crippen molar-refractivity contribution in [3.8, 4) is 11.4 Å². The molecule has 222 valence electrons. The number of alkyl halides is 3. The minimum Gasteiger partial charge on any atom is -0.406 e. The Bertz CT molecular complexity index is 1290. The van der Waals surface area contributed by atoms with Gasteiger partial charge in [-0.2, -0.15) is 5.10 Å². The molecule has 1 N–H and O–H groups in total. The van der Waals surface area contributed by atoms with Gasteiger partial charge in [0.25, 0.3) is 5.91 Å². The van der Waals surface area contributed by atoms with Crippen LogP contribution in [0.4, 0.5) is 13.2 Å². The third-order valence-electron chi connectivity index (χ3n) is 8.29. The molecular formula is C31H39F3N4O3. The average Bonchev–Trinajstić information content (AvgIpc) is 3.53. The highest BCUT2D eigenvalue weighted by atomic mass is 19.4. The van der Waals surface area contributed by atoms with Crippen LogP contribution < -0.4 is 4.74 Å². The van der Waals surface area contributed by atoms with Crippen LogP contribution in [0, 0.1) is 0 Å². The van der Waals surface area contributed by atoms with Gasteiger partial charge in [-0.25, -0.2) is 4.68 Å². The second-order valence-corrected chi connectivity index (χ2v) is 11.1. The molecule has 0 unspecified atom stereocenters. The van der Waals surface area contributed by atoms with Crippen LogP contribution in [-0.2, 0) is 0 Å². The lowest BCUT2D eigenvalue weighted by molar-refractivity contribution is -0.274. The van der Waals surface area contributed by atoms with Gasteiger partial charge in [0.2, 0.25) is 0 Å². The number of piperidine rings is 1. The maximum Gasteiger partial charge on any atom is 0.573 e. The maximum atomic E-state index is 14.3. The average molecular weight is 573 g/mol. The van der Waals surface area contributed by atoms with E-state index in [1.165, 1.54) is 18.2 Å². The smallest absolute Gasteiger partial charge is 0.406 e. The zero-order valence-electron chi connectivity index (χ0n) is 23.7. The standard InChI is InChI=1S/C31H39F3N4O3/c1-3-7-21(8-4-2)28-27(30(40)36-17-14-23(15-18-36)37-16-6-10-25(37)20-39)29(22-12-13-22)38(35-28)24-9-5-11-26(19-24)41-31(32,33)34/h3,5,7-9,11,19,22-23,25,39H,4,6,10,12-18,20H2,1-2H3/b7-3-,21-8+/t25-/m0/s1. The van der Waals surface area contributed by atoms with Gasteiger partial charge >= 0.3 is 6.36 Å². The Labute approximate surface area is 239 Å². The summed E-state index contributed by atoms with van der Waals surface area (Å²) < 4.78 is 44.8.